The van der Waals surface area contributed by atoms with Crippen molar-refractivity contribution in [3.8, 4) is 0 Å². The van der Waals surface area contributed by atoms with E-state index >= 15 is 0 Å². The fourth-order valence-electron chi connectivity index (χ4n) is 3.70. The van der Waals surface area contributed by atoms with Crippen molar-refractivity contribution in [2.24, 2.45) is 5.92 Å². The SMILES string of the molecule is CC1(C)COC=C(c2cn3ccc(N4CCC(CCF)CC4)cc3n2)O1. The van der Waals surface area contributed by atoms with Crippen LogP contribution in [0.5, 0.6) is 0 Å². The number of ether oxygens (including phenoxy) is 2. The number of imidazole rings is 1. The standard InChI is InChI=1S/C20H26FN3O2/c1-20(2)14-25-13-18(26-20)17-12-24-10-6-16(11-19(24)22-17)23-8-4-15(3-7-21)5-9-23/h6,10-13,15H,3-5,7-9,14H2,1-2H3. The number of rotatable bonds is 4. The summed E-state index contributed by atoms with van der Waals surface area (Å²) < 4.78 is 26.0. The van der Waals surface area contributed by atoms with Gasteiger partial charge < -0.3 is 18.8 Å². The quantitative estimate of drug-likeness (QED) is 0.826. The molecule has 4 rings (SSSR count). The van der Waals surface area contributed by atoms with E-state index in [2.05, 4.69) is 17.0 Å². The van der Waals surface area contributed by atoms with Gasteiger partial charge in [-0.1, -0.05) is 0 Å². The van der Waals surface area contributed by atoms with E-state index in [9.17, 15) is 4.39 Å². The summed E-state index contributed by atoms with van der Waals surface area (Å²) in [6.45, 7) is 6.29. The zero-order valence-electron chi connectivity index (χ0n) is 15.4. The van der Waals surface area contributed by atoms with Gasteiger partial charge in [-0.2, -0.15) is 0 Å². The zero-order valence-corrected chi connectivity index (χ0v) is 15.4. The van der Waals surface area contributed by atoms with Gasteiger partial charge >= 0.3 is 0 Å². The average Bonchev–Trinajstić information content (AvgIpc) is 3.05. The van der Waals surface area contributed by atoms with Gasteiger partial charge in [-0.05, 0) is 45.1 Å². The van der Waals surface area contributed by atoms with Crippen LogP contribution in [0.3, 0.4) is 0 Å². The molecule has 26 heavy (non-hydrogen) atoms. The number of hydrogen-bond acceptors (Lipinski definition) is 4. The molecular formula is C20H26FN3O2. The second-order valence-electron chi connectivity index (χ2n) is 7.84. The summed E-state index contributed by atoms with van der Waals surface area (Å²) in [5, 5.41) is 0. The largest absolute Gasteiger partial charge is 0.493 e. The molecule has 0 atom stereocenters. The molecule has 0 unspecified atom stereocenters. The van der Waals surface area contributed by atoms with Crippen molar-refractivity contribution in [1.29, 1.82) is 0 Å². The van der Waals surface area contributed by atoms with Crippen molar-refractivity contribution < 1.29 is 13.9 Å². The van der Waals surface area contributed by atoms with Gasteiger partial charge in [0.25, 0.3) is 0 Å². The van der Waals surface area contributed by atoms with Crippen LogP contribution in [0.2, 0.25) is 0 Å². The summed E-state index contributed by atoms with van der Waals surface area (Å²) in [5.41, 5.74) is 2.48. The molecule has 140 valence electrons. The van der Waals surface area contributed by atoms with Gasteiger partial charge in [-0.25, -0.2) is 4.98 Å². The monoisotopic (exact) mass is 359 g/mol. The van der Waals surface area contributed by atoms with Crippen molar-refractivity contribution in [2.45, 2.75) is 38.7 Å². The van der Waals surface area contributed by atoms with E-state index in [0.717, 1.165) is 37.3 Å². The maximum Gasteiger partial charge on any atom is 0.181 e. The smallest absolute Gasteiger partial charge is 0.181 e. The highest BCUT2D eigenvalue weighted by Crippen LogP contribution is 2.29. The number of alkyl halides is 1. The molecular weight excluding hydrogens is 333 g/mol. The summed E-state index contributed by atoms with van der Waals surface area (Å²) in [6.07, 6.45) is 8.45. The van der Waals surface area contributed by atoms with Crippen LogP contribution in [0, 0.1) is 5.92 Å². The lowest BCUT2D eigenvalue weighted by Gasteiger charge is -2.33. The second kappa shape index (κ2) is 6.82. The number of aromatic nitrogens is 2. The fraction of sp³-hybridized carbons (Fsp3) is 0.550. The maximum atomic E-state index is 12.5. The Labute approximate surface area is 153 Å². The van der Waals surface area contributed by atoms with Crippen molar-refractivity contribution in [3.05, 3.63) is 36.5 Å². The third-order valence-electron chi connectivity index (χ3n) is 5.20. The lowest BCUT2D eigenvalue weighted by Crippen LogP contribution is -2.33. The number of piperidine rings is 1. The molecule has 0 bridgehead atoms. The molecule has 5 nitrogen and oxygen atoms in total. The highest BCUT2D eigenvalue weighted by atomic mass is 19.1. The minimum absolute atomic E-state index is 0.202. The van der Waals surface area contributed by atoms with Crippen LogP contribution in [0.4, 0.5) is 10.1 Å². The van der Waals surface area contributed by atoms with Crippen molar-refractivity contribution >= 4 is 17.1 Å². The fourth-order valence-corrected chi connectivity index (χ4v) is 3.70. The molecule has 0 saturated carbocycles. The van der Waals surface area contributed by atoms with E-state index in [0.29, 0.717) is 24.7 Å². The summed E-state index contributed by atoms with van der Waals surface area (Å²) in [6, 6.07) is 4.22. The van der Waals surface area contributed by atoms with E-state index in [4.69, 9.17) is 14.5 Å². The molecule has 0 radical (unpaired) electrons. The molecule has 1 saturated heterocycles. The van der Waals surface area contributed by atoms with E-state index in [-0.39, 0.29) is 12.3 Å². The molecule has 4 heterocycles. The average molecular weight is 359 g/mol. The Hall–Kier alpha value is -2.24. The van der Waals surface area contributed by atoms with Crippen LogP contribution in [-0.2, 0) is 9.47 Å². The summed E-state index contributed by atoms with van der Waals surface area (Å²) in [4.78, 5) is 7.08. The Balaban J connectivity index is 1.52. The summed E-state index contributed by atoms with van der Waals surface area (Å²) in [7, 11) is 0. The number of nitrogens with zero attached hydrogens (tertiary/aromatic N) is 3. The van der Waals surface area contributed by atoms with Crippen LogP contribution < -0.4 is 4.90 Å². The normalized spacial score (nSPS) is 20.6. The van der Waals surface area contributed by atoms with Crippen LogP contribution in [-0.4, -0.2) is 41.4 Å². The van der Waals surface area contributed by atoms with Crippen LogP contribution >= 0.6 is 0 Å². The number of hydrogen-bond donors (Lipinski definition) is 0. The van der Waals surface area contributed by atoms with Crippen LogP contribution in [0.25, 0.3) is 11.4 Å². The van der Waals surface area contributed by atoms with E-state index in [1.807, 2.05) is 30.6 Å². The van der Waals surface area contributed by atoms with E-state index < -0.39 is 0 Å². The first-order valence-corrected chi connectivity index (χ1v) is 9.35. The van der Waals surface area contributed by atoms with E-state index in [1.54, 1.807) is 6.26 Å². The summed E-state index contributed by atoms with van der Waals surface area (Å²) >= 11 is 0. The maximum absolute atomic E-state index is 12.5. The molecule has 2 aromatic heterocycles. The first kappa shape index (κ1) is 17.2. The topological polar surface area (TPSA) is 39.0 Å². The number of fused-ring (bicyclic) bond motifs is 1. The van der Waals surface area contributed by atoms with Gasteiger partial charge in [0.2, 0.25) is 0 Å². The van der Waals surface area contributed by atoms with Crippen LogP contribution in [0.15, 0.2) is 30.8 Å². The Morgan fingerprint density at radius 3 is 2.85 bits per heavy atom. The van der Waals surface area contributed by atoms with Gasteiger partial charge in [0, 0.05) is 37.2 Å². The first-order valence-electron chi connectivity index (χ1n) is 9.35. The summed E-state index contributed by atoms with van der Waals surface area (Å²) in [5.74, 6) is 1.19. The molecule has 0 spiro atoms. The lowest BCUT2D eigenvalue weighted by atomic mass is 9.94. The molecule has 6 heteroatoms. The predicted molar refractivity (Wildman–Crippen MR) is 99.8 cm³/mol. The van der Waals surface area contributed by atoms with Gasteiger partial charge in [-0.3, -0.25) is 4.39 Å². The number of pyridine rings is 1. The highest BCUT2D eigenvalue weighted by molar-refractivity contribution is 5.63. The van der Waals surface area contributed by atoms with Crippen molar-refractivity contribution in [3.63, 3.8) is 0 Å². The van der Waals surface area contributed by atoms with Crippen molar-refractivity contribution in [1.82, 2.24) is 9.38 Å². The second-order valence-corrected chi connectivity index (χ2v) is 7.84. The molecule has 0 N–H and O–H groups in total. The Morgan fingerprint density at radius 1 is 1.31 bits per heavy atom. The van der Waals surface area contributed by atoms with E-state index in [1.165, 1.54) is 5.69 Å². The highest BCUT2D eigenvalue weighted by Gasteiger charge is 2.27. The van der Waals surface area contributed by atoms with Crippen molar-refractivity contribution in [2.75, 3.05) is 31.3 Å². The van der Waals surface area contributed by atoms with Gasteiger partial charge in [0.1, 0.15) is 29.8 Å². The number of halogens is 1. The predicted octanol–water partition coefficient (Wildman–Crippen LogP) is 4.03. The van der Waals surface area contributed by atoms with Gasteiger partial charge in [0.15, 0.2) is 5.76 Å². The Bertz CT molecular complexity index is 806. The molecule has 2 aliphatic heterocycles. The molecule has 1 fully saturated rings. The number of anilines is 1. The minimum Gasteiger partial charge on any atom is -0.493 e. The molecule has 0 aromatic carbocycles. The minimum atomic E-state index is -0.352. The molecule has 0 aliphatic carbocycles. The first-order chi connectivity index (χ1) is 12.5. The lowest BCUT2D eigenvalue weighted by molar-refractivity contribution is -0.0153. The van der Waals surface area contributed by atoms with Gasteiger partial charge in [-0.15, -0.1) is 0 Å². The van der Waals surface area contributed by atoms with Gasteiger partial charge in [0.05, 0.1) is 6.67 Å². The third-order valence-corrected chi connectivity index (χ3v) is 5.20. The third kappa shape index (κ3) is 3.50. The molecule has 2 aliphatic rings. The Morgan fingerprint density at radius 2 is 2.12 bits per heavy atom. The van der Waals surface area contributed by atoms with Crippen LogP contribution in [0.1, 0.15) is 38.8 Å². The zero-order chi connectivity index (χ0) is 18.1. The Kier molecular flexibility index (Phi) is 4.51. The molecule has 2 aromatic rings. The molecule has 0 amide bonds.